The summed E-state index contributed by atoms with van der Waals surface area (Å²) in [4.78, 5) is 1.43. The number of piperidine rings is 1. The van der Waals surface area contributed by atoms with Crippen molar-refractivity contribution in [1.29, 1.82) is 0 Å². The van der Waals surface area contributed by atoms with Gasteiger partial charge in [0.2, 0.25) is 0 Å². The third-order valence-corrected chi connectivity index (χ3v) is 3.21. The van der Waals surface area contributed by atoms with Gasteiger partial charge < -0.3 is 4.90 Å². The Morgan fingerprint density at radius 3 is 2.57 bits per heavy atom. The van der Waals surface area contributed by atoms with E-state index in [1.54, 1.807) is 0 Å². The quantitative estimate of drug-likeness (QED) is 0.644. The topological polar surface area (TPSA) is 4.44 Å². The molecule has 14 heavy (non-hydrogen) atoms. The summed E-state index contributed by atoms with van der Waals surface area (Å²) in [6.07, 6.45) is 3.99. The van der Waals surface area contributed by atoms with E-state index in [0.717, 1.165) is 0 Å². The number of nitrogens with one attached hydrogen (secondary N) is 1. The maximum absolute atomic E-state index is 4.19. The number of aryl methyl sites for hydroxylation is 1. The van der Waals surface area contributed by atoms with Crippen LogP contribution in [0.15, 0.2) is 24.3 Å². The number of rotatable bonds is 1. The molecule has 1 saturated heterocycles. The molecule has 0 bridgehead atoms. The molecule has 0 spiro atoms. The SMILES string of the molecule is [CH2-][NH+]1CCCCC1c1ccc(C)cc1. The van der Waals surface area contributed by atoms with E-state index in [2.05, 4.69) is 38.2 Å². The van der Waals surface area contributed by atoms with Gasteiger partial charge in [-0.1, -0.05) is 29.8 Å². The van der Waals surface area contributed by atoms with E-state index >= 15 is 0 Å². The third-order valence-electron chi connectivity index (χ3n) is 3.21. The van der Waals surface area contributed by atoms with Gasteiger partial charge >= 0.3 is 0 Å². The van der Waals surface area contributed by atoms with Crippen LogP contribution in [0.1, 0.15) is 36.4 Å². The highest BCUT2D eigenvalue weighted by Crippen LogP contribution is 2.19. The summed E-state index contributed by atoms with van der Waals surface area (Å²) >= 11 is 0. The van der Waals surface area contributed by atoms with Gasteiger partial charge in [0.25, 0.3) is 0 Å². The Balaban J connectivity index is 2.16. The molecule has 1 aliphatic rings. The van der Waals surface area contributed by atoms with Crippen LogP contribution in [0.25, 0.3) is 0 Å². The first kappa shape index (κ1) is 9.72. The molecule has 2 rings (SSSR count). The smallest absolute Gasteiger partial charge is 0.0891 e. The first-order chi connectivity index (χ1) is 6.77. The predicted octanol–water partition coefficient (Wildman–Crippen LogP) is 1.90. The van der Waals surface area contributed by atoms with Gasteiger partial charge in [-0.25, -0.2) is 0 Å². The Bertz CT molecular complexity index is 289. The first-order valence-corrected chi connectivity index (χ1v) is 5.51. The lowest BCUT2D eigenvalue weighted by Crippen LogP contribution is -3.08. The largest absolute Gasteiger partial charge is 0.462 e. The fourth-order valence-corrected chi connectivity index (χ4v) is 2.28. The molecule has 1 aromatic rings. The van der Waals surface area contributed by atoms with Gasteiger partial charge in [-0.15, -0.1) is 0 Å². The van der Waals surface area contributed by atoms with E-state index < -0.39 is 0 Å². The molecule has 0 amide bonds. The number of benzene rings is 1. The number of hydrogen-bond donors (Lipinski definition) is 1. The molecule has 0 aliphatic carbocycles. The normalized spacial score (nSPS) is 27.6. The van der Waals surface area contributed by atoms with Crippen molar-refractivity contribution in [3.8, 4) is 0 Å². The molecule has 1 N–H and O–H groups in total. The van der Waals surface area contributed by atoms with Crippen molar-refractivity contribution in [2.75, 3.05) is 6.54 Å². The van der Waals surface area contributed by atoms with Crippen molar-refractivity contribution >= 4 is 0 Å². The van der Waals surface area contributed by atoms with Crippen LogP contribution in [-0.2, 0) is 0 Å². The van der Waals surface area contributed by atoms with Crippen molar-refractivity contribution in [3.63, 3.8) is 0 Å². The van der Waals surface area contributed by atoms with Crippen LogP contribution in [0.5, 0.6) is 0 Å². The van der Waals surface area contributed by atoms with E-state index in [1.165, 1.54) is 41.8 Å². The van der Waals surface area contributed by atoms with Crippen molar-refractivity contribution in [2.45, 2.75) is 32.2 Å². The summed E-state index contributed by atoms with van der Waals surface area (Å²) in [6, 6.07) is 9.56. The average Bonchev–Trinajstić information content (AvgIpc) is 2.20. The van der Waals surface area contributed by atoms with Gasteiger partial charge in [0.15, 0.2) is 0 Å². The molecule has 2 atom stereocenters. The van der Waals surface area contributed by atoms with Crippen LogP contribution in [0.4, 0.5) is 0 Å². The van der Waals surface area contributed by atoms with Crippen molar-refractivity contribution in [2.24, 2.45) is 0 Å². The maximum atomic E-state index is 4.19. The molecule has 1 heterocycles. The highest BCUT2D eigenvalue weighted by molar-refractivity contribution is 5.23. The lowest BCUT2D eigenvalue weighted by Gasteiger charge is -2.35. The Hall–Kier alpha value is -0.820. The lowest BCUT2D eigenvalue weighted by molar-refractivity contribution is -0.893. The Morgan fingerprint density at radius 2 is 1.93 bits per heavy atom. The zero-order valence-electron chi connectivity index (χ0n) is 8.92. The number of likely N-dealkylation sites (tertiary alicyclic amines) is 1. The van der Waals surface area contributed by atoms with Gasteiger partial charge in [-0.2, -0.15) is 7.05 Å². The molecule has 1 fully saturated rings. The Morgan fingerprint density at radius 1 is 1.21 bits per heavy atom. The van der Waals surface area contributed by atoms with E-state index in [4.69, 9.17) is 0 Å². The second-order valence-corrected chi connectivity index (χ2v) is 4.37. The molecule has 0 radical (unpaired) electrons. The molecule has 1 nitrogen and oxygen atoms in total. The average molecular weight is 189 g/mol. The van der Waals surface area contributed by atoms with Crippen molar-refractivity contribution < 1.29 is 4.90 Å². The van der Waals surface area contributed by atoms with Crippen molar-refractivity contribution in [3.05, 3.63) is 42.4 Å². The minimum atomic E-state index is 0.629. The molecule has 2 unspecified atom stereocenters. The van der Waals surface area contributed by atoms with E-state index in [1.807, 2.05) is 0 Å². The monoisotopic (exact) mass is 189 g/mol. The molecular weight excluding hydrogens is 170 g/mol. The second-order valence-electron chi connectivity index (χ2n) is 4.37. The zero-order chi connectivity index (χ0) is 9.97. The van der Waals surface area contributed by atoms with Gasteiger partial charge in [-0.05, 0) is 19.8 Å². The minimum absolute atomic E-state index is 0.629. The number of quaternary nitrogens is 1. The van der Waals surface area contributed by atoms with Gasteiger partial charge in [-0.3, -0.25) is 0 Å². The van der Waals surface area contributed by atoms with E-state index in [0.29, 0.717) is 6.04 Å². The maximum Gasteiger partial charge on any atom is 0.0891 e. The predicted molar refractivity (Wildman–Crippen MR) is 59.0 cm³/mol. The Kier molecular flexibility index (Phi) is 2.87. The summed E-state index contributed by atoms with van der Waals surface area (Å²) in [5, 5.41) is 0. The van der Waals surface area contributed by atoms with Crippen LogP contribution in [0, 0.1) is 14.0 Å². The first-order valence-electron chi connectivity index (χ1n) is 5.51. The zero-order valence-corrected chi connectivity index (χ0v) is 8.92. The highest BCUT2D eigenvalue weighted by Gasteiger charge is 2.20. The minimum Gasteiger partial charge on any atom is -0.462 e. The highest BCUT2D eigenvalue weighted by atomic mass is 15.1. The third kappa shape index (κ3) is 1.98. The molecule has 1 aromatic carbocycles. The van der Waals surface area contributed by atoms with Crippen LogP contribution < -0.4 is 4.90 Å². The van der Waals surface area contributed by atoms with E-state index in [9.17, 15) is 0 Å². The van der Waals surface area contributed by atoms with Gasteiger partial charge in [0, 0.05) is 12.0 Å². The summed E-state index contributed by atoms with van der Waals surface area (Å²) in [7, 11) is 4.19. The summed E-state index contributed by atoms with van der Waals surface area (Å²) < 4.78 is 0. The molecule has 0 saturated carbocycles. The Labute approximate surface area is 86.7 Å². The fraction of sp³-hybridized carbons (Fsp3) is 0.462. The number of hydrogen-bond acceptors (Lipinski definition) is 0. The van der Waals surface area contributed by atoms with Crippen molar-refractivity contribution in [1.82, 2.24) is 0 Å². The lowest BCUT2D eigenvalue weighted by atomic mass is 9.95. The van der Waals surface area contributed by atoms with Crippen LogP contribution in [-0.4, -0.2) is 6.54 Å². The summed E-state index contributed by atoms with van der Waals surface area (Å²) in [6.45, 7) is 3.36. The van der Waals surface area contributed by atoms with Gasteiger partial charge in [0.1, 0.15) is 0 Å². The van der Waals surface area contributed by atoms with Crippen LogP contribution in [0.3, 0.4) is 0 Å². The second kappa shape index (κ2) is 4.14. The van der Waals surface area contributed by atoms with E-state index in [-0.39, 0.29) is 0 Å². The standard InChI is InChI=1S/C13H19N/c1-11-6-8-12(9-7-11)13-5-3-4-10-14(13)2/h6-9,13-14H,2-5,10H2,1H3. The molecule has 1 heteroatoms. The summed E-state index contributed by atoms with van der Waals surface area (Å²) in [5.74, 6) is 0. The molecular formula is C13H19N. The summed E-state index contributed by atoms with van der Waals surface area (Å²) in [5.41, 5.74) is 2.80. The van der Waals surface area contributed by atoms with Crippen LogP contribution in [0.2, 0.25) is 0 Å². The fourth-order valence-electron chi connectivity index (χ4n) is 2.28. The van der Waals surface area contributed by atoms with Crippen LogP contribution >= 0.6 is 0 Å². The molecule has 76 valence electrons. The molecule has 0 aromatic heterocycles. The van der Waals surface area contributed by atoms with Gasteiger partial charge in [0.05, 0.1) is 12.6 Å². The molecule has 1 aliphatic heterocycles.